The van der Waals surface area contributed by atoms with Crippen LogP contribution in [0, 0.1) is 5.41 Å². The minimum Gasteiger partial charge on any atom is -0.491 e. The van der Waals surface area contributed by atoms with Crippen LogP contribution in [0.15, 0.2) is 24.3 Å². The Labute approximate surface area is 157 Å². The Morgan fingerprint density at radius 1 is 1.28 bits per heavy atom. The fraction of sp³-hybridized carbons (Fsp3) is 0.632. The summed E-state index contributed by atoms with van der Waals surface area (Å²) >= 11 is 0. The van der Waals surface area contributed by atoms with Crippen molar-refractivity contribution in [2.45, 2.75) is 39.2 Å². The molecule has 1 aliphatic rings. The highest BCUT2D eigenvalue weighted by atomic mass is 35.5. The summed E-state index contributed by atoms with van der Waals surface area (Å²) in [7, 11) is 1.73. The van der Waals surface area contributed by atoms with Crippen LogP contribution in [-0.4, -0.2) is 45.4 Å². The molecule has 1 heterocycles. The molecule has 2 N–H and O–H groups in total. The Hall–Kier alpha value is -1.30. The first-order chi connectivity index (χ1) is 11.5. The molecule has 0 aromatic heterocycles. The maximum Gasteiger partial charge on any atom is 0.224 e. The first-order valence-electron chi connectivity index (χ1n) is 8.75. The first kappa shape index (κ1) is 21.7. The second-order valence-corrected chi connectivity index (χ2v) is 6.91. The van der Waals surface area contributed by atoms with E-state index in [9.17, 15) is 4.79 Å². The van der Waals surface area contributed by atoms with Crippen molar-refractivity contribution in [3.05, 3.63) is 29.8 Å². The van der Waals surface area contributed by atoms with Crippen LogP contribution >= 0.6 is 12.4 Å². The second kappa shape index (κ2) is 10.6. The SMILES string of the molecule is COCC1(CNC(=O)Cc2ccccc2OC(C)C)CCNCC1.Cl. The van der Waals surface area contributed by atoms with Gasteiger partial charge < -0.3 is 20.1 Å². The normalized spacial score (nSPS) is 16.2. The molecule has 6 heteroatoms. The van der Waals surface area contributed by atoms with Crippen LogP contribution in [0.4, 0.5) is 0 Å². The molecule has 0 spiro atoms. The van der Waals surface area contributed by atoms with Crippen LogP contribution in [0.2, 0.25) is 0 Å². The minimum absolute atomic E-state index is 0. The van der Waals surface area contributed by atoms with Crippen LogP contribution < -0.4 is 15.4 Å². The summed E-state index contributed by atoms with van der Waals surface area (Å²) in [5.41, 5.74) is 0.971. The number of hydrogen-bond acceptors (Lipinski definition) is 4. The van der Waals surface area contributed by atoms with Gasteiger partial charge in [0.1, 0.15) is 5.75 Å². The predicted molar refractivity (Wildman–Crippen MR) is 103 cm³/mol. The molecule has 1 aliphatic heterocycles. The molecule has 1 aromatic rings. The number of carbonyl (C=O) groups excluding carboxylic acids is 1. The van der Waals surface area contributed by atoms with Crippen molar-refractivity contribution in [2.24, 2.45) is 5.41 Å². The summed E-state index contributed by atoms with van der Waals surface area (Å²) in [5.74, 6) is 0.819. The molecule has 0 radical (unpaired) electrons. The third-order valence-corrected chi connectivity index (χ3v) is 4.46. The fourth-order valence-corrected chi connectivity index (χ4v) is 3.18. The molecular formula is C19H31ClN2O3. The predicted octanol–water partition coefficient (Wildman–Crippen LogP) is 2.57. The Morgan fingerprint density at radius 3 is 2.60 bits per heavy atom. The number of nitrogens with one attached hydrogen (secondary N) is 2. The van der Waals surface area contributed by atoms with Crippen molar-refractivity contribution in [3.8, 4) is 5.75 Å². The zero-order valence-corrected chi connectivity index (χ0v) is 16.3. The molecule has 0 aliphatic carbocycles. The maximum atomic E-state index is 12.4. The summed E-state index contributed by atoms with van der Waals surface area (Å²) < 4.78 is 11.2. The van der Waals surface area contributed by atoms with Gasteiger partial charge in [0, 0.05) is 24.6 Å². The van der Waals surface area contributed by atoms with Gasteiger partial charge in [-0.1, -0.05) is 18.2 Å². The van der Waals surface area contributed by atoms with E-state index in [2.05, 4.69) is 10.6 Å². The first-order valence-corrected chi connectivity index (χ1v) is 8.75. The summed E-state index contributed by atoms with van der Waals surface area (Å²) in [6.07, 6.45) is 2.47. The number of benzene rings is 1. The lowest BCUT2D eigenvalue weighted by Gasteiger charge is -2.37. The molecule has 0 atom stereocenters. The lowest BCUT2D eigenvalue weighted by atomic mass is 9.79. The third kappa shape index (κ3) is 6.84. The van der Waals surface area contributed by atoms with E-state index in [1.807, 2.05) is 38.1 Å². The van der Waals surface area contributed by atoms with Gasteiger partial charge in [-0.05, 0) is 45.8 Å². The third-order valence-electron chi connectivity index (χ3n) is 4.46. The number of hydrogen-bond donors (Lipinski definition) is 2. The molecule has 25 heavy (non-hydrogen) atoms. The van der Waals surface area contributed by atoms with E-state index < -0.39 is 0 Å². The lowest BCUT2D eigenvalue weighted by Crippen LogP contribution is -2.47. The lowest BCUT2D eigenvalue weighted by molar-refractivity contribution is -0.121. The number of carbonyl (C=O) groups is 1. The number of piperidine rings is 1. The largest absolute Gasteiger partial charge is 0.491 e. The molecule has 0 saturated carbocycles. The van der Waals surface area contributed by atoms with Crippen molar-refractivity contribution in [2.75, 3.05) is 33.4 Å². The van der Waals surface area contributed by atoms with Crippen molar-refractivity contribution in [3.63, 3.8) is 0 Å². The monoisotopic (exact) mass is 370 g/mol. The van der Waals surface area contributed by atoms with Gasteiger partial charge in [0.15, 0.2) is 0 Å². The number of halogens is 1. The molecule has 5 nitrogen and oxygen atoms in total. The van der Waals surface area contributed by atoms with Crippen LogP contribution in [0.5, 0.6) is 5.75 Å². The highest BCUT2D eigenvalue weighted by Gasteiger charge is 2.32. The quantitative estimate of drug-likeness (QED) is 0.738. The van der Waals surface area contributed by atoms with Crippen molar-refractivity contribution in [1.29, 1.82) is 0 Å². The van der Waals surface area contributed by atoms with E-state index in [1.165, 1.54) is 0 Å². The van der Waals surface area contributed by atoms with Crippen LogP contribution in [-0.2, 0) is 16.0 Å². The van der Waals surface area contributed by atoms with Crippen molar-refractivity contribution in [1.82, 2.24) is 10.6 Å². The molecular weight excluding hydrogens is 340 g/mol. The van der Waals surface area contributed by atoms with E-state index in [1.54, 1.807) is 7.11 Å². The highest BCUT2D eigenvalue weighted by Crippen LogP contribution is 2.28. The van der Waals surface area contributed by atoms with Crippen LogP contribution in [0.3, 0.4) is 0 Å². The van der Waals surface area contributed by atoms with E-state index in [4.69, 9.17) is 9.47 Å². The Kier molecular flexibility index (Phi) is 9.25. The van der Waals surface area contributed by atoms with E-state index in [0.717, 1.165) is 37.2 Å². The molecule has 2 rings (SSSR count). The van der Waals surface area contributed by atoms with Gasteiger partial charge in [-0.25, -0.2) is 0 Å². The summed E-state index contributed by atoms with van der Waals surface area (Å²) in [4.78, 5) is 12.4. The van der Waals surface area contributed by atoms with Crippen LogP contribution in [0.25, 0.3) is 0 Å². The molecule has 1 fully saturated rings. The smallest absolute Gasteiger partial charge is 0.224 e. The van der Waals surface area contributed by atoms with Gasteiger partial charge in [-0.2, -0.15) is 0 Å². The minimum atomic E-state index is 0. The number of methoxy groups -OCH3 is 1. The van der Waals surface area contributed by atoms with Gasteiger partial charge in [0.2, 0.25) is 5.91 Å². The zero-order valence-electron chi connectivity index (χ0n) is 15.5. The highest BCUT2D eigenvalue weighted by molar-refractivity contribution is 5.85. The number of rotatable bonds is 8. The van der Waals surface area contributed by atoms with Gasteiger partial charge >= 0.3 is 0 Å². The summed E-state index contributed by atoms with van der Waals surface area (Å²) in [6.45, 7) is 7.27. The number of amides is 1. The van der Waals surface area contributed by atoms with E-state index >= 15 is 0 Å². The van der Waals surface area contributed by atoms with Gasteiger partial charge in [-0.3, -0.25) is 4.79 Å². The van der Waals surface area contributed by atoms with Gasteiger partial charge in [-0.15, -0.1) is 12.4 Å². The van der Waals surface area contributed by atoms with Gasteiger partial charge in [0.05, 0.1) is 19.1 Å². The molecule has 1 amide bonds. The van der Waals surface area contributed by atoms with Crippen molar-refractivity contribution < 1.29 is 14.3 Å². The van der Waals surface area contributed by atoms with E-state index in [-0.39, 0.29) is 29.8 Å². The topological polar surface area (TPSA) is 59.6 Å². The number of para-hydroxylation sites is 1. The Bertz CT molecular complexity index is 526. The molecule has 142 valence electrons. The molecule has 0 bridgehead atoms. The van der Waals surface area contributed by atoms with Crippen LogP contribution in [0.1, 0.15) is 32.3 Å². The average molecular weight is 371 g/mol. The maximum absolute atomic E-state index is 12.4. The Morgan fingerprint density at radius 2 is 1.96 bits per heavy atom. The molecule has 0 unspecified atom stereocenters. The second-order valence-electron chi connectivity index (χ2n) is 6.91. The van der Waals surface area contributed by atoms with Gasteiger partial charge in [0.25, 0.3) is 0 Å². The summed E-state index contributed by atoms with van der Waals surface area (Å²) in [5, 5.41) is 6.47. The Balaban J connectivity index is 0.00000312. The zero-order chi connectivity index (χ0) is 17.4. The van der Waals surface area contributed by atoms with Crippen molar-refractivity contribution >= 4 is 18.3 Å². The van der Waals surface area contributed by atoms with E-state index in [0.29, 0.717) is 19.6 Å². The average Bonchev–Trinajstić information content (AvgIpc) is 2.56. The molecule has 1 saturated heterocycles. The summed E-state index contributed by atoms with van der Waals surface area (Å²) in [6, 6.07) is 7.74. The molecule has 1 aromatic carbocycles. The fourth-order valence-electron chi connectivity index (χ4n) is 3.18. The number of ether oxygens (including phenoxy) is 2. The standard InChI is InChI=1S/C19H30N2O3.ClH/c1-15(2)24-17-7-5-4-6-16(17)12-18(22)21-13-19(14-23-3)8-10-20-11-9-19;/h4-7,15,20H,8-14H2,1-3H3,(H,21,22);1H.